The van der Waals surface area contributed by atoms with E-state index in [0.717, 1.165) is 23.7 Å². The summed E-state index contributed by atoms with van der Waals surface area (Å²) < 4.78 is 0. The van der Waals surface area contributed by atoms with Crippen molar-refractivity contribution in [1.29, 1.82) is 0 Å². The van der Waals surface area contributed by atoms with E-state index in [0.29, 0.717) is 0 Å². The summed E-state index contributed by atoms with van der Waals surface area (Å²) in [5.74, 6) is 3.70. The molecular formula is C15H32. The third-order valence-corrected chi connectivity index (χ3v) is 4.49. The molecule has 0 heterocycles. The van der Waals surface area contributed by atoms with E-state index in [1.54, 1.807) is 0 Å². The molecule has 0 saturated heterocycles. The second-order valence-electron chi connectivity index (χ2n) is 5.27. The van der Waals surface area contributed by atoms with Crippen LogP contribution in [0.3, 0.4) is 0 Å². The van der Waals surface area contributed by atoms with Gasteiger partial charge in [-0.2, -0.15) is 0 Å². The van der Waals surface area contributed by atoms with E-state index in [9.17, 15) is 0 Å². The summed E-state index contributed by atoms with van der Waals surface area (Å²) in [6.07, 6.45) is 6.84. The van der Waals surface area contributed by atoms with Gasteiger partial charge in [0.25, 0.3) is 0 Å². The first-order valence-electron chi connectivity index (χ1n) is 7.12. The lowest BCUT2D eigenvalue weighted by molar-refractivity contribution is 0.160. The second kappa shape index (κ2) is 8.19. The quantitative estimate of drug-likeness (QED) is 0.497. The number of rotatable bonds is 8. The standard InChI is InChI=1S/C15H32/c1-7-11-15(14(9-3)10-4)13(6)12(5)8-2/h12-15H,7-11H2,1-6H3. The van der Waals surface area contributed by atoms with Crippen molar-refractivity contribution in [3.05, 3.63) is 0 Å². The summed E-state index contributed by atoms with van der Waals surface area (Å²) in [6, 6.07) is 0. The fourth-order valence-corrected chi connectivity index (χ4v) is 2.95. The molecular weight excluding hydrogens is 180 g/mol. The Balaban J connectivity index is 4.47. The molecule has 0 N–H and O–H groups in total. The Morgan fingerprint density at radius 3 is 1.67 bits per heavy atom. The minimum absolute atomic E-state index is 0.891. The highest BCUT2D eigenvalue weighted by atomic mass is 14.3. The van der Waals surface area contributed by atoms with Crippen LogP contribution in [0.15, 0.2) is 0 Å². The highest BCUT2D eigenvalue weighted by Gasteiger charge is 2.26. The predicted octanol–water partition coefficient (Wildman–Crippen LogP) is 5.52. The molecule has 0 saturated carbocycles. The zero-order chi connectivity index (χ0) is 11.8. The Morgan fingerprint density at radius 1 is 0.800 bits per heavy atom. The van der Waals surface area contributed by atoms with Crippen LogP contribution in [0.4, 0.5) is 0 Å². The molecule has 0 amide bonds. The van der Waals surface area contributed by atoms with Crippen molar-refractivity contribution in [2.45, 2.75) is 73.6 Å². The smallest absolute Gasteiger partial charge is 0.0358 e. The van der Waals surface area contributed by atoms with E-state index in [1.165, 1.54) is 32.1 Å². The lowest BCUT2D eigenvalue weighted by Crippen LogP contribution is -2.25. The van der Waals surface area contributed by atoms with Gasteiger partial charge in [0, 0.05) is 0 Å². The van der Waals surface area contributed by atoms with Crippen LogP contribution in [-0.2, 0) is 0 Å². The molecule has 0 nitrogen and oxygen atoms in total. The SMILES string of the molecule is CCCC(C(CC)CC)C(C)C(C)CC. The summed E-state index contributed by atoms with van der Waals surface area (Å²) in [5.41, 5.74) is 0. The fourth-order valence-electron chi connectivity index (χ4n) is 2.95. The number of hydrogen-bond donors (Lipinski definition) is 0. The highest BCUT2D eigenvalue weighted by Crippen LogP contribution is 2.35. The minimum atomic E-state index is 0.891. The van der Waals surface area contributed by atoms with Gasteiger partial charge in [-0.3, -0.25) is 0 Å². The van der Waals surface area contributed by atoms with E-state index in [4.69, 9.17) is 0 Å². The van der Waals surface area contributed by atoms with Crippen LogP contribution < -0.4 is 0 Å². The maximum Gasteiger partial charge on any atom is -0.0358 e. The van der Waals surface area contributed by atoms with Crippen molar-refractivity contribution in [1.82, 2.24) is 0 Å². The molecule has 0 fully saturated rings. The third kappa shape index (κ3) is 4.57. The average molecular weight is 212 g/mol. The van der Waals surface area contributed by atoms with Crippen LogP contribution in [0.2, 0.25) is 0 Å². The van der Waals surface area contributed by atoms with Gasteiger partial charge in [0.15, 0.2) is 0 Å². The topological polar surface area (TPSA) is 0 Å². The van der Waals surface area contributed by atoms with Gasteiger partial charge >= 0.3 is 0 Å². The van der Waals surface area contributed by atoms with Crippen molar-refractivity contribution >= 4 is 0 Å². The largest absolute Gasteiger partial charge is 0.0654 e. The van der Waals surface area contributed by atoms with E-state index in [1.807, 2.05) is 0 Å². The normalized spacial score (nSPS) is 17.8. The summed E-state index contributed by atoms with van der Waals surface area (Å²) in [5, 5.41) is 0. The van der Waals surface area contributed by atoms with Gasteiger partial charge in [-0.05, 0) is 23.7 Å². The Kier molecular flexibility index (Phi) is 8.19. The Morgan fingerprint density at radius 2 is 1.33 bits per heavy atom. The Hall–Kier alpha value is 0. The summed E-state index contributed by atoms with van der Waals surface area (Å²) in [7, 11) is 0. The van der Waals surface area contributed by atoms with Crippen molar-refractivity contribution in [3.63, 3.8) is 0 Å². The van der Waals surface area contributed by atoms with Gasteiger partial charge in [0.1, 0.15) is 0 Å². The minimum Gasteiger partial charge on any atom is -0.0654 e. The van der Waals surface area contributed by atoms with Crippen LogP contribution >= 0.6 is 0 Å². The van der Waals surface area contributed by atoms with Crippen LogP contribution in [-0.4, -0.2) is 0 Å². The summed E-state index contributed by atoms with van der Waals surface area (Å²) >= 11 is 0. The molecule has 15 heavy (non-hydrogen) atoms. The van der Waals surface area contributed by atoms with Crippen molar-refractivity contribution in [3.8, 4) is 0 Å². The first-order chi connectivity index (χ1) is 7.12. The summed E-state index contributed by atoms with van der Waals surface area (Å²) in [6.45, 7) is 14.3. The Labute approximate surface area is 97.8 Å². The van der Waals surface area contributed by atoms with E-state index >= 15 is 0 Å². The fraction of sp³-hybridized carbons (Fsp3) is 1.00. The van der Waals surface area contributed by atoms with Gasteiger partial charge in [-0.25, -0.2) is 0 Å². The molecule has 0 bridgehead atoms. The predicted molar refractivity (Wildman–Crippen MR) is 71.1 cm³/mol. The van der Waals surface area contributed by atoms with Gasteiger partial charge in [-0.15, -0.1) is 0 Å². The van der Waals surface area contributed by atoms with Crippen molar-refractivity contribution < 1.29 is 0 Å². The zero-order valence-corrected chi connectivity index (χ0v) is 11.8. The molecule has 0 aromatic rings. The van der Waals surface area contributed by atoms with Crippen molar-refractivity contribution in [2.75, 3.05) is 0 Å². The molecule has 0 spiro atoms. The maximum absolute atomic E-state index is 2.48. The molecule has 0 rings (SSSR count). The van der Waals surface area contributed by atoms with Crippen LogP contribution in [0.25, 0.3) is 0 Å². The Bertz CT molecular complexity index is 135. The molecule has 92 valence electrons. The van der Waals surface area contributed by atoms with Gasteiger partial charge < -0.3 is 0 Å². The average Bonchev–Trinajstić information content (AvgIpc) is 2.27. The lowest BCUT2D eigenvalue weighted by Gasteiger charge is -2.34. The molecule has 0 heteroatoms. The van der Waals surface area contributed by atoms with E-state index in [2.05, 4.69) is 41.5 Å². The molecule has 3 unspecified atom stereocenters. The number of hydrogen-bond acceptors (Lipinski definition) is 0. The van der Waals surface area contributed by atoms with Crippen LogP contribution in [0, 0.1) is 23.7 Å². The molecule has 3 atom stereocenters. The second-order valence-corrected chi connectivity index (χ2v) is 5.27. The van der Waals surface area contributed by atoms with E-state index < -0.39 is 0 Å². The highest BCUT2D eigenvalue weighted by molar-refractivity contribution is 4.76. The molecule has 0 aromatic heterocycles. The zero-order valence-electron chi connectivity index (χ0n) is 11.8. The van der Waals surface area contributed by atoms with Crippen molar-refractivity contribution in [2.24, 2.45) is 23.7 Å². The lowest BCUT2D eigenvalue weighted by atomic mass is 9.72. The van der Waals surface area contributed by atoms with Gasteiger partial charge in [-0.1, -0.05) is 73.6 Å². The summed E-state index contributed by atoms with van der Waals surface area (Å²) in [4.78, 5) is 0. The maximum atomic E-state index is 2.48. The molecule has 0 radical (unpaired) electrons. The van der Waals surface area contributed by atoms with Gasteiger partial charge in [0.2, 0.25) is 0 Å². The molecule has 0 aliphatic heterocycles. The third-order valence-electron chi connectivity index (χ3n) is 4.49. The van der Waals surface area contributed by atoms with E-state index in [-0.39, 0.29) is 0 Å². The monoisotopic (exact) mass is 212 g/mol. The van der Waals surface area contributed by atoms with Crippen LogP contribution in [0.5, 0.6) is 0 Å². The first-order valence-corrected chi connectivity index (χ1v) is 7.12. The first kappa shape index (κ1) is 15.0. The molecule has 0 aliphatic rings. The molecule has 0 aromatic carbocycles. The van der Waals surface area contributed by atoms with Crippen LogP contribution in [0.1, 0.15) is 73.6 Å². The van der Waals surface area contributed by atoms with Gasteiger partial charge in [0.05, 0.1) is 0 Å². The molecule has 0 aliphatic carbocycles.